The van der Waals surface area contributed by atoms with Crippen LogP contribution in [0.1, 0.15) is 32.6 Å². The maximum Gasteiger partial charge on any atom is -0.00187 e. The molecule has 1 heterocycles. The first-order chi connectivity index (χ1) is 5.43. The average Bonchev–Trinajstić information content (AvgIpc) is 2.11. The quantitative estimate of drug-likeness (QED) is 0.659. The molecule has 0 aromatic rings. The van der Waals surface area contributed by atoms with Crippen LogP contribution in [-0.2, 0) is 0 Å². The lowest BCUT2D eigenvalue weighted by atomic mass is 10.1. The molecule has 0 saturated carbocycles. The first-order valence-corrected chi connectivity index (χ1v) is 4.73. The Bertz CT molecular complexity index is 65.2. The van der Waals surface area contributed by atoms with Crippen molar-refractivity contribution in [1.82, 2.24) is 4.90 Å². The van der Waals surface area contributed by atoms with Gasteiger partial charge in [0.15, 0.2) is 0 Å². The molecule has 0 bridgehead atoms. The Labute approximate surface area is 70.8 Å². The second-order valence-corrected chi connectivity index (χ2v) is 2.90. The van der Waals surface area contributed by atoms with Crippen LogP contribution in [0.4, 0.5) is 0 Å². The number of likely N-dealkylation sites (tertiary alicyclic amines) is 1. The molecular weight excluding hydrogens is 136 g/mol. The molecule has 0 spiro atoms. The van der Waals surface area contributed by atoms with Gasteiger partial charge >= 0.3 is 0 Å². The van der Waals surface area contributed by atoms with Crippen LogP contribution in [-0.4, -0.2) is 31.6 Å². The molecule has 0 amide bonds. The molecule has 1 aliphatic heterocycles. The molecule has 1 aliphatic rings. The van der Waals surface area contributed by atoms with E-state index in [1.807, 2.05) is 0 Å². The molecule has 11 heavy (non-hydrogen) atoms. The van der Waals surface area contributed by atoms with E-state index < -0.39 is 0 Å². The van der Waals surface area contributed by atoms with E-state index in [1.165, 1.54) is 52.4 Å². The third kappa shape index (κ3) is 5.22. The number of nitrogens with zero attached hydrogens (tertiary/aromatic N) is 1. The first-order valence-electron chi connectivity index (χ1n) is 4.73. The van der Waals surface area contributed by atoms with Crippen molar-refractivity contribution in [2.45, 2.75) is 32.6 Å². The van der Waals surface area contributed by atoms with Crippen LogP contribution < -0.4 is 5.73 Å². The van der Waals surface area contributed by atoms with E-state index in [9.17, 15) is 0 Å². The average molecular weight is 158 g/mol. The van der Waals surface area contributed by atoms with Crippen LogP contribution in [0.5, 0.6) is 0 Å². The van der Waals surface area contributed by atoms with Crippen LogP contribution in [0, 0.1) is 0 Å². The summed E-state index contributed by atoms with van der Waals surface area (Å²) in [5.74, 6) is 0. The van der Waals surface area contributed by atoms with Gasteiger partial charge in [0.1, 0.15) is 0 Å². The molecular formula is C9H22N2. The molecule has 2 heteroatoms. The van der Waals surface area contributed by atoms with Crippen LogP contribution in [0.25, 0.3) is 0 Å². The van der Waals surface area contributed by atoms with E-state index in [-0.39, 0.29) is 0 Å². The van der Waals surface area contributed by atoms with Crippen LogP contribution in [0.15, 0.2) is 0 Å². The Morgan fingerprint density at radius 3 is 2.09 bits per heavy atom. The number of hydrogen-bond acceptors (Lipinski definition) is 2. The van der Waals surface area contributed by atoms with Crippen LogP contribution >= 0.6 is 0 Å². The summed E-state index contributed by atoms with van der Waals surface area (Å²) in [5.41, 5.74) is 4.50. The van der Waals surface area contributed by atoms with Crippen LogP contribution in [0.3, 0.4) is 0 Å². The van der Waals surface area contributed by atoms with E-state index in [2.05, 4.69) is 17.6 Å². The summed E-state index contributed by atoms with van der Waals surface area (Å²) in [7, 11) is 1.50. The lowest BCUT2D eigenvalue weighted by molar-refractivity contribution is 0.229. The Morgan fingerprint density at radius 2 is 1.64 bits per heavy atom. The minimum atomic E-state index is 1.32. The third-order valence-corrected chi connectivity index (χ3v) is 1.99. The number of rotatable bonds is 2. The first kappa shape index (κ1) is 10.9. The normalized spacial score (nSPS) is 18.8. The van der Waals surface area contributed by atoms with Gasteiger partial charge in [-0.05, 0) is 45.9 Å². The number of nitrogens with two attached hydrogens (primary N) is 1. The summed E-state index contributed by atoms with van der Waals surface area (Å²) in [6.07, 6.45) is 5.64. The smallest absolute Gasteiger partial charge is 0.00187 e. The van der Waals surface area contributed by atoms with Gasteiger partial charge in [0.25, 0.3) is 0 Å². The van der Waals surface area contributed by atoms with Gasteiger partial charge in [0, 0.05) is 0 Å². The molecule has 0 atom stereocenters. The summed E-state index contributed by atoms with van der Waals surface area (Å²) >= 11 is 0. The van der Waals surface area contributed by atoms with Gasteiger partial charge in [-0.15, -0.1) is 0 Å². The van der Waals surface area contributed by atoms with Gasteiger partial charge in [-0.3, -0.25) is 0 Å². The second kappa shape index (κ2) is 8.02. The highest BCUT2D eigenvalue weighted by molar-refractivity contribution is 4.62. The minimum Gasteiger partial charge on any atom is -0.333 e. The molecule has 1 saturated heterocycles. The zero-order chi connectivity index (χ0) is 8.53. The summed E-state index contributed by atoms with van der Waals surface area (Å²) in [6, 6.07) is 0. The fourth-order valence-corrected chi connectivity index (χ4v) is 1.50. The monoisotopic (exact) mass is 158 g/mol. The summed E-state index contributed by atoms with van der Waals surface area (Å²) in [5, 5.41) is 0. The highest BCUT2D eigenvalue weighted by Crippen LogP contribution is 2.07. The predicted octanol–water partition coefficient (Wildman–Crippen LogP) is 1.46. The largest absolute Gasteiger partial charge is 0.333 e. The Balaban J connectivity index is 0.000000461. The van der Waals surface area contributed by atoms with E-state index in [0.29, 0.717) is 0 Å². The summed E-state index contributed by atoms with van der Waals surface area (Å²) in [4.78, 5) is 2.57. The highest BCUT2D eigenvalue weighted by atomic mass is 15.1. The molecule has 68 valence electrons. The van der Waals surface area contributed by atoms with E-state index in [0.717, 1.165) is 0 Å². The van der Waals surface area contributed by atoms with Gasteiger partial charge in [-0.2, -0.15) is 0 Å². The zero-order valence-corrected chi connectivity index (χ0v) is 7.97. The minimum absolute atomic E-state index is 1.32. The van der Waals surface area contributed by atoms with E-state index >= 15 is 0 Å². The van der Waals surface area contributed by atoms with Crippen molar-refractivity contribution in [1.29, 1.82) is 0 Å². The van der Waals surface area contributed by atoms with Gasteiger partial charge in [0.05, 0.1) is 0 Å². The van der Waals surface area contributed by atoms with Gasteiger partial charge in [0.2, 0.25) is 0 Å². The standard InChI is InChI=1S/C8H17N.CH5N/c1-2-6-9-7-4-3-5-8-9;1-2/h2-8H2,1H3;2H2,1H3. The molecule has 2 nitrogen and oxygen atoms in total. The van der Waals surface area contributed by atoms with Crippen molar-refractivity contribution >= 4 is 0 Å². The summed E-state index contributed by atoms with van der Waals surface area (Å²) in [6.45, 7) is 6.29. The molecule has 0 aromatic heterocycles. The van der Waals surface area contributed by atoms with Crippen molar-refractivity contribution < 1.29 is 0 Å². The van der Waals surface area contributed by atoms with E-state index in [4.69, 9.17) is 0 Å². The molecule has 0 radical (unpaired) electrons. The molecule has 1 rings (SSSR count). The molecule has 0 aliphatic carbocycles. The van der Waals surface area contributed by atoms with Crippen molar-refractivity contribution in [2.24, 2.45) is 5.73 Å². The Kier molecular flexibility index (Phi) is 7.96. The fraction of sp³-hybridized carbons (Fsp3) is 1.00. The number of piperidine rings is 1. The van der Waals surface area contributed by atoms with Gasteiger partial charge in [-0.1, -0.05) is 13.3 Å². The maximum absolute atomic E-state index is 4.50. The highest BCUT2D eigenvalue weighted by Gasteiger charge is 2.07. The van der Waals surface area contributed by atoms with Gasteiger partial charge in [-0.25, -0.2) is 0 Å². The van der Waals surface area contributed by atoms with Crippen molar-refractivity contribution in [3.8, 4) is 0 Å². The number of hydrogen-bond donors (Lipinski definition) is 1. The second-order valence-electron chi connectivity index (χ2n) is 2.90. The summed E-state index contributed by atoms with van der Waals surface area (Å²) < 4.78 is 0. The van der Waals surface area contributed by atoms with Crippen molar-refractivity contribution in [3.05, 3.63) is 0 Å². The van der Waals surface area contributed by atoms with Crippen LogP contribution in [0.2, 0.25) is 0 Å². The van der Waals surface area contributed by atoms with Gasteiger partial charge < -0.3 is 10.6 Å². The zero-order valence-electron chi connectivity index (χ0n) is 7.97. The topological polar surface area (TPSA) is 29.3 Å². The maximum atomic E-state index is 4.50. The lowest BCUT2D eigenvalue weighted by Gasteiger charge is -2.25. The Morgan fingerprint density at radius 1 is 1.09 bits per heavy atom. The fourth-order valence-electron chi connectivity index (χ4n) is 1.50. The molecule has 1 fully saturated rings. The SMILES string of the molecule is CCCN1CCCCC1.CN. The third-order valence-electron chi connectivity index (χ3n) is 1.99. The van der Waals surface area contributed by atoms with Crippen molar-refractivity contribution in [3.63, 3.8) is 0 Å². The Hall–Kier alpha value is -0.0800. The molecule has 2 N–H and O–H groups in total. The molecule has 0 unspecified atom stereocenters. The van der Waals surface area contributed by atoms with Crippen molar-refractivity contribution in [2.75, 3.05) is 26.7 Å². The molecule has 0 aromatic carbocycles. The predicted molar refractivity (Wildman–Crippen MR) is 50.7 cm³/mol. The van der Waals surface area contributed by atoms with E-state index in [1.54, 1.807) is 0 Å². The lowest BCUT2D eigenvalue weighted by Crippen LogP contribution is -2.30.